The van der Waals surface area contributed by atoms with Gasteiger partial charge in [-0.1, -0.05) is 6.92 Å². The van der Waals surface area contributed by atoms with Gasteiger partial charge in [0.25, 0.3) is 0 Å². The number of hydrogen-bond acceptors (Lipinski definition) is 5. The van der Waals surface area contributed by atoms with E-state index >= 15 is 0 Å². The van der Waals surface area contributed by atoms with Crippen LogP contribution in [0.5, 0.6) is 0 Å². The first-order valence-corrected chi connectivity index (χ1v) is 6.24. The van der Waals surface area contributed by atoms with Crippen LogP contribution in [0.1, 0.15) is 25.0 Å². The second-order valence-corrected chi connectivity index (χ2v) is 4.98. The van der Waals surface area contributed by atoms with Crippen molar-refractivity contribution in [1.29, 1.82) is 0 Å². The van der Waals surface area contributed by atoms with Gasteiger partial charge in [0.1, 0.15) is 11.5 Å². The summed E-state index contributed by atoms with van der Waals surface area (Å²) in [5.41, 5.74) is 0. The lowest BCUT2D eigenvalue weighted by Crippen LogP contribution is -2.48. The molecule has 1 heterocycles. The molecular weight excluding hydrogens is 250 g/mol. The quantitative estimate of drug-likeness (QED) is 0.614. The van der Waals surface area contributed by atoms with E-state index in [4.69, 9.17) is 9.15 Å². The van der Waals surface area contributed by atoms with Crippen molar-refractivity contribution in [2.24, 2.45) is 11.8 Å². The minimum absolute atomic E-state index is 0.0292. The summed E-state index contributed by atoms with van der Waals surface area (Å²) in [5.74, 6) is -0.753. The topological polar surface area (TPSA) is 82.6 Å². The highest BCUT2D eigenvalue weighted by Crippen LogP contribution is 2.39. The second-order valence-electron chi connectivity index (χ2n) is 4.98. The molecule has 6 heteroatoms. The van der Waals surface area contributed by atoms with Gasteiger partial charge in [0.15, 0.2) is 0 Å². The van der Waals surface area contributed by atoms with Crippen molar-refractivity contribution in [3.8, 4) is 0 Å². The summed E-state index contributed by atoms with van der Waals surface area (Å²) < 4.78 is 10.3. The summed E-state index contributed by atoms with van der Waals surface area (Å²) in [6, 6.07) is 2.52. The molecule has 6 nitrogen and oxygen atoms in total. The van der Waals surface area contributed by atoms with Crippen molar-refractivity contribution >= 4 is 5.78 Å². The van der Waals surface area contributed by atoms with Crippen LogP contribution in [-0.4, -0.2) is 30.5 Å². The number of nitro groups is 1. The van der Waals surface area contributed by atoms with Crippen molar-refractivity contribution in [3.05, 3.63) is 34.3 Å². The number of Topliss-reactive ketones (excluding diaryl/α,β-unsaturated/α-hetero) is 1. The zero-order chi connectivity index (χ0) is 14.0. The Kier molecular flexibility index (Phi) is 3.99. The molecule has 0 unspecified atom stereocenters. The largest absolute Gasteiger partial charge is 0.469 e. The highest BCUT2D eigenvalue weighted by Gasteiger charge is 2.50. The molecule has 1 saturated carbocycles. The molecule has 1 aliphatic rings. The molecular formula is C13H17NO5. The average molecular weight is 267 g/mol. The van der Waals surface area contributed by atoms with Crippen molar-refractivity contribution in [3.63, 3.8) is 0 Å². The Morgan fingerprint density at radius 2 is 2.32 bits per heavy atom. The molecule has 4 atom stereocenters. The van der Waals surface area contributed by atoms with E-state index < -0.39 is 17.9 Å². The second kappa shape index (κ2) is 5.52. The monoisotopic (exact) mass is 267 g/mol. The third kappa shape index (κ3) is 2.53. The number of nitrogens with zero attached hydrogens (tertiary/aromatic N) is 1. The number of hydrogen-bond donors (Lipinski definition) is 0. The molecule has 2 rings (SSSR count). The first-order valence-electron chi connectivity index (χ1n) is 6.24. The minimum atomic E-state index is -0.848. The summed E-state index contributed by atoms with van der Waals surface area (Å²) in [4.78, 5) is 23.1. The van der Waals surface area contributed by atoms with Crippen molar-refractivity contribution < 1.29 is 18.9 Å². The Bertz CT molecular complexity index is 456. The molecule has 0 aliphatic heterocycles. The normalized spacial score (nSPS) is 31.4. The van der Waals surface area contributed by atoms with Gasteiger partial charge in [0, 0.05) is 24.4 Å². The molecule has 0 saturated heterocycles. The van der Waals surface area contributed by atoms with Crippen LogP contribution in [0, 0.1) is 22.0 Å². The summed E-state index contributed by atoms with van der Waals surface area (Å²) in [7, 11) is 1.49. The molecule has 0 spiro atoms. The highest BCUT2D eigenvalue weighted by molar-refractivity contribution is 5.83. The predicted octanol–water partition coefficient (Wildman–Crippen LogP) is 1.88. The van der Waals surface area contributed by atoms with Crippen LogP contribution in [0.25, 0.3) is 0 Å². The van der Waals surface area contributed by atoms with Gasteiger partial charge >= 0.3 is 0 Å². The predicted molar refractivity (Wildman–Crippen MR) is 66.4 cm³/mol. The van der Waals surface area contributed by atoms with Crippen LogP contribution < -0.4 is 0 Å². The summed E-state index contributed by atoms with van der Waals surface area (Å²) >= 11 is 0. The molecule has 0 N–H and O–H groups in total. The van der Waals surface area contributed by atoms with Gasteiger partial charge in [0.05, 0.1) is 24.7 Å². The zero-order valence-electron chi connectivity index (χ0n) is 10.9. The van der Waals surface area contributed by atoms with E-state index in [1.165, 1.54) is 13.4 Å². The van der Waals surface area contributed by atoms with Crippen LogP contribution in [0.3, 0.4) is 0 Å². The fraction of sp³-hybridized carbons (Fsp3) is 0.615. The molecule has 0 bridgehead atoms. The molecule has 19 heavy (non-hydrogen) atoms. The number of rotatable bonds is 4. The van der Waals surface area contributed by atoms with Crippen LogP contribution in [0.15, 0.2) is 22.8 Å². The molecule has 1 aromatic heterocycles. The van der Waals surface area contributed by atoms with E-state index in [9.17, 15) is 14.9 Å². The fourth-order valence-corrected chi connectivity index (χ4v) is 2.87. The maximum Gasteiger partial charge on any atom is 0.229 e. The number of methoxy groups -OCH3 is 1. The summed E-state index contributed by atoms with van der Waals surface area (Å²) in [6.45, 7) is 1.94. The maximum atomic E-state index is 12.0. The molecule has 0 amide bonds. The lowest BCUT2D eigenvalue weighted by molar-refractivity contribution is -0.540. The number of ether oxygens (including phenoxy) is 1. The summed E-state index contributed by atoms with van der Waals surface area (Å²) in [5, 5.41) is 11.4. The van der Waals surface area contributed by atoms with Crippen LogP contribution in [0.2, 0.25) is 0 Å². The third-order valence-electron chi connectivity index (χ3n) is 3.93. The fourth-order valence-electron chi connectivity index (χ4n) is 2.87. The summed E-state index contributed by atoms with van der Waals surface area (Å²) in [6.07, 6.45) is 1.63. The smallest absolute Gasteiger partial charge is 0.229 e. The first kappa shape index (κ1) is 13.7. The van der Waals surface area contributed by atoms with E-state index in [2.05, 4.69) is 0 Å². The standard InChI is InChI=1S/C13H17NO5/c1-8-10(7-18-2)13(14(16)17)9(6-11(8)15)12-4-3-5-19-12/h3-5,8-10,13H,6-7H2,1-2H3/t8-,9-,10+,13-/m1/s1. The van der Waals surface area contributed by atoms with Gasteiger partial charge in [-0.3, -0.25) is 14.9 Å². The third-order valence-corrected chi connectivity index (χ3v) is 3.93. The molecule has 104 valence electrons. The van der Waals surface area contributed by atoms with Gasteiger partial charge in [0.2, 0.25) is 6.04 Å². The Morgan fingerprint density at radius 3 is 2.84 bits per heavy atom. The van der Waals surface area contributed by atoms with E-state index in [1.807, 2.05) is 0 Å². The molecule has 0 aromatic carbocycles. The van der Waals surface area contributed by atoms with Gasteiger partial charge < -0.3 is 9.15 Å². The van der Waals surface area contributed by atoms with Crippen LogP contribution in [0.4, 0.5) is 0 Å². The van der Waals surface area contributed by atoms with Crippen molar-refractivity contribution in [2.75, 3.05) is 13.7 Å². The molecule has 1 fully saturated rings. The maximum absolute atomic E-state index is 12.0. The highest BCUT2D eigenvalue weighted by atomic mass is 16.6. The van der Waals surface area contributed by atoms with Crippen molar-refractivity contribution in [1.82, 2.24) is 0 Å². The number of furan rings is 1. The lowest BCUT2D eigenvalue weighted by atomic mass is 9.70. The lowest BCUT2D eigenvalue weighted by Gasteiger charge is -2.34. The zero-order valence-corrected chi connectivity index (χ0v) is 10.9. The number of carbonyl (C=O) groups excluding carboxylic acids is 1. The Balaban J connectivity index is 2.36. The van der Waals surface area contributed by atoms with E-state index in [0.717, 1.165) is 0 Å². The van der Waals surface area contributed by atoms with Gasteiger partial charge in [-0.05, 0) is 12.1 Å². The number of ketones is 1. The van der Waals surface area contributed by atoms with Gasteiger partial charge in [-0.25, -0.2) is 0 Å². The SMILES string of the molecule is COC[C@@H]1[C@H]([N+](=O)[O-])[C@@H](c2ccco2)CC(=O)[C@@H]1C. The Hall–Kier alpha value is -1.69. The Labute approximate surface area is 110 Å². The number of carbonyl (C=O) groups is 1. The van der Waals surface area contributed by atoms with Crippen LogP contribution in [-0.2, 0) is 9.53 Å². The molecule has 1 aliphatic carbocycles. The van der Waals surface area contributed by atoms with E-state index in [1.54, 1.807) is 19.1 Å². The van der Waals surface area contributed by atoms with E-state index in [0.29, 0.717) is 5.76 Å². The molecule has 0 radical (unpaired) electrons. The van der Waals surface area contributed by atoms with Gasteiger partial charge in [-0.2, -0.15) is 0 Å². The van der Waals surface area contributed by atoms with E-state index in [-0.39, 0.29) is 29.7 Å². The van der Waals surface area contributed by atoms with Crippen molar-refractivity contribution in [2.45, 2.75) is 25.3 Å². The Morgan fingerprint density at radius 1 is 1.58 bits per heavy atom. The average Bonchev–Trinajstić information content (AvgIpc) is 2.88. The van der Waals surface area contributed by atoms with Gasteiger partial charge in [-0.15, -0.1) is 0 Å². The molecule has 1 aromatic rings. The minimum Gasteiger partial charge on any atom is -0.469 e. The van der Waals surface area contributed by atoms with Crippen LogP contribution >= 0.6 is 0 Å². The first-order chi connectivity index (χ1) is 9.06.